The summed E-state index contributed by atoms with van der Waals surface area (Å²) in [6, 6.07) is 6.98. The quantitative estimate of drug-likeness (QED) is 0.399. The molecule has 0 bridgehead atoms. The maximum absolute atomic E-state index is 12.2. The first-order valence-electron chi connectivity index (χ1n) is 10.8. The van der Waals surface area contributed by atoms with Gasteiger partial charge >= 0.3 is 5.97 Å². The Morgan fingerprint density at radius 3 is 2.38 bits per heavy atom. The van der Waals surface area contributed by atoms with E-state index >= 15 is 0 Å². The maximum Gasteiger partial charge on any atom is 0.326 e. The van der Waals surface area contributed by atoms with Gasteiger partial charge in [0.25, 0.3) is 0 Å². The number of aliphatic carboxylic acids is 1. The van der Waals surface area contributed by atoms with Crippen LogP contribution in [0.25, 0.3) is 0 Å². The predicted molar refractivity (Wildman–Crippen MR) is 120 cm³/mol. The topological polar surface area (TPSA) is 66.8 Å². The molecular weight excluding hydrogens is 382 g/mol. The molecule has 29 heavy (non-hydrogen) atoms. The van der Waals surface area contributed by atoms with Crippen LogP contribution in [0.4, 0.5) is 5.69 Å². The summed E-state index contributed by atoms with van der Waals surface area (Å²) in [5, 5.41) is 9.55. The first kappa shape index (κ1) is 23.6. The zero-order valence-electron chi connectivity index (χ0n) is 18.8. The van der Waals surface area contributed by atoms with Gasteiger partial charge in [-0.15, -0.1) is 0 Å². The van der Waals surface area contributed by atoms with Crippen LogP contribution in [0.15, 0.2) is 24.3 Å². The lowest BCUT2D eigenvalue weighted by atomic mass is 10.0. The molecule has 1 aliphatic rings. The van der Waals surface area contributed by atoms with Crippen LogP contribution in [-0.4, -0.2) is 31.3 Å². The Bertz CT molecular complexity index is 709. The second kappa shape index (κ2) is 9.43. The molecule has 162 valence electrons. The molecule has 1 aromatic carbocycles. The van der Waals surface area contributed by atoms with Crippen LogP contribution in [-0.2, 0) is 14.0 Å². The van der Waals surface area contributed by atoms with E-state index in [2.05, 4.69) is 40.8 Å². The van der Waals surface area contributed by atoms with Crippen molar-refractivity contribution >= 4 is 25.9 Å². The summed E-state index contributed by atoms with van der Waals surface area (Å²) in [7, 11) is -1.93. The number of nitrogens with zero attached hydrogens (tertiary/aromatic N) is 1. The average Bonchev–Trinajstić information content (AvgIpc) is 3.02. The van der Waals surface area contributed by atoms with Crippen LogP contribution in [0, 0.1) is 0 Å². The molecule has 2 rings (SSSR count). The van der Waals surface area contributed by atoms with Gasteiger partial charge in [-0.3, -0.25) is 9.69 Å². The molecule has 6 heteroatoms. The second-order valence-electron chi connectivity index (χ2n) is 9.61. The van der Waals surface area contributed by atoms with Gasteiger partial charge in [0.05, 0.1) is 6.10 Å². The molecule has 1 N–H and O–H groups in total. The van der Waals surface area contributed by atoms with Gasteiger partial charge in [0.15, 0.2) is 8.32 Å². The molecule has 1 unspecified atom stereocenters. The molecule has 0 spiro atoms. The highest BCUT2D eigenvalue weighted by Crippen LogP contribution is 2.41. The summed E-state index contributed by atoms with van der Waals surface area (Å²) in [5.74, 6) is -1.07. The number of benzene rings is 1. The third-order valence-corrected chi connectivity index (χ3v) is 10.8. The standard InChI is InChI=1S/C23H37NO4Si/c1-7-8-9-10-20(28-29(5,6)23(2,3)4)17-11-13-18(14-12-17)24-19(22(26)27)15-16-21(24)25/h11-14,19-20H,7-10,15-16H2,1-6H3,(H,26,27)/t19?,20-/m0/s1. The lowest BCUT2D eigenvalue weighted by Crippen LogP contribution is -2.41. The van der Waals surface area contributed by atoms with E-state index < -0.39 is 20.3 Å². The number of amides is 1. The monoisotopic (exact) mass is 419 g/mol. The van der Waals surface area contributed by atoms with Crippen LogP contribution >= 0.6 is 0 Å². The fraction of sp³-hybridized carbons (Fsp3) is 0.652. The summed E-state index contributed by atoms with van der Waals surface area (Å²) in [6.07, 6.45) is 5.11. The van der Waals surface area contributed by atoms with Gasteiger partial charge in [0, 0.05) is 12.1 Å². The molecule has 1 saturated heterocycles. The minimum Gasteiger partial charge on any atom is -0.480 e. The van der Waals surface area contributed by atoms with E-state index in [4.69, 9.17) is 4.43 Å². The molecule has 1 fully saturated rings. The van der Waals surface area contributed by atoms with Gasteiger partial charge < -0.3 is 9.53 Å². The Morgan fingerprint density at radius 2 is 1.86 bits per heavy atom. The highest BCUT2D eigenvalue weighted by Gasteiger charge is 2.40. The van der Waals surface area contributed by atoms with E-state index in [-0.39, 0.29) is 23.5 Å². The number of hydrogen-bond donors (Lipinski definition) is 1. The van der Waals surface area contributed by atoms with Crippen molar-refractivity contribution < 1.29 is 19.1 Å². The summed E-state index contributed by atoms with van der Waals surface area (Å²) in [6.45, 7) is 13.5. The van der Waals surface area contributed by atoms with Crippen molar-refractivity contribution in [3.05, 3.63) is 29.8 Å². The highest BCUT2D eigenvalue weighted by molar-refractivity contribution is 6.74. The summed E-state index contributed by atoms with van der Waals surface area (Å²) >= 11 is 0. The van der Waals surface area contributed by atoms with Crippen molar-refractivity contribution in [1.82, 2.24) is 0 Å². The van der Waals surface area contributed by atoms with Crippen LogP contribution < -0.4 is 4.90 Å². The largest absolute Gasteiger partial charge is 0.480 e. The molecule has 5 nitrogen and oxygen atoms in total. The number of rotatable bonds is 9. The van der Waals surface area contributed by atoms with Crippen molar-refractivity contribution in [3.8, 4) is 0 Å². The Kier molecular flexibility index (Phi) is 7.68. The lowest BCUT2D eigenvalue weighted by molar-refractivity contribution is -0.138. The fourth-order valence-electron chi connectivity index (χ4n) is 3.50. The Hall–Kier alpha value is -1.66. The van der Waals surface area contributed by atoms with Crippen LogP contribution in [0.1, 0.15) is 77.9 Å². The number of hydrogen-bond acceptors (Lipinski definition) is 3. The van der Waals surface area contributed by atoms with Crippen molar-refractivity contribution in [2.75, 3.05) is 4.90 Å². The van der Waals surface area contributed by atoms with Gasteiger partial charge in [-0.25, -0.2) is 4.79 Å². The number of unbranched alkanes of at least 4 members (excludes halogenated alkanes) is 2. The molecule has 1 amide bonds. The van der Waals surface area contributed by atoms with Crippen molar-refractivity contribution in [1.29, 1.82) is 0 Å². The second-order valence-corrected chi connectivity index (χ2v) is 14.4. The fourth-order valence-corrected chi connectivity index (χ4v) is 4.82. The van der Waals surface area contributed by atoms with E-state index in [0.717, 1.165) is 18.4 Å². The zero-order chi connectivity index (χ0) is 21.8. The van der Waals surface area contributed by atoms with E-state index in [0.29, 0.717) is 12.1 Å². The van der Waals surface area contributed by atoms with Crippen LogP contribution in [0.3, 0.4) is 0 Å². The van der Waals surface area contributed by atoms with E-state index in [1.165, 1.54) is 17.7 Å². The molecule has 0 radical (unpaired) electrons. The normalized spacial score (nSPS) is 18.9. The smallest absolute Gasteiger partial charge is 0.326 e. The molecule has 2 atom stereocenters. The first-order chi connectivity index (χ1) is 13.5. The Morgan fingerprint density at radius 1 is 1.24 bits per heavy atom. The molecule has 0 saturated carbocycles. The number of carboxylic acid groups (broad SMARTS) is 1. The van der Waals surface area contributed by atoms with Gasteiger partial charge in [0.1, 0.15) is 6.04 Å². The molecule has 0 aliphatic carbocycles. The van der Waals surface area contributed by atoms with Crippen LogP contribution in [0.2, 0.25) is 18.1 Å². The van der Waals surface area contributed by atoms with Gasteiger partial charge in [0.2, 0.25) is 5.91 Å². The summed E-state index contributed by atoms with van der Waals surface area (Å²) in [5.41, 5.74) is 1.76. The van der Waals surface area contributed by atoms with Gasteiger partial charge in [-0.05, 0) is 48.7 Å². The average molecular weight is 420 g/mol. The zero-order valence-corrected chi connectivity index (χ0v) is 19.8. The Labute approximate surface area is 176 Å². The number of anilines is 1. The van der Waals surface area contributed by atoms with E-state index in [1.54, 1.807) is 0 Å². The maximum atomic E-state index is 12.2. The van der Waals surface area contributed by atoms with Gasteiger partial charge in [-0.2, -0.15) is 0 Å². The highest BCUT2D eigenvalue weighted by atomic mass is 28.4. The first-order valence-corrected chi connectivity index (χ1v) is 13.7. The third kappa shape index (κ3) is 5.69. The van der Waals surface area contributed by atoms with Crippen LogP contribution in [0.5, 0.6) is 0 Å². The minimum absolute atomic E-state index is 0.0287. The number of carboxylic acids is 1. The lowest BCUT2D eigenvalue weighted by Gasteiger charge is -2.39. The minimum atomic E-state index is -1.93. The van der Waals surface area contributed by atoms with Gasteiger partial charge in [-0.1, -0.05) is 59.1 Å². The Balaban J connectivity index is 2.25. The van der Waals surface area contributed by atoms with Crippen molar-refractivity contribution in [2.45, 2.75) is 96.5 Å². The molecule has 1 heterocycles. The molecule has 1 aliphatic heterocycles. The number of carbonyl (C=O) groups is 2. The van der Waals surface area contributed by atoms with E-state index in [1.807, 2.05) is 24.3 Å². The molecule has 1 aromatic rings. The van der Waals surface area contributed by atoms with E-state index in [9.17, 15) is 14.7 Å². The van der Waals surface area contributed by atoms with Crippen molar-refractivity contribution in [3.63, 3.8) is 0 Å². The SMILES string of the molecule is CCCCC[C@H](O[Si](C)(C)C(C)(C)C)c1ccc(N2C(=O)CCC2C(=O)O)cc1. The third-order valence-electron chi connectivity index (χ3n) is 6.35. The predicted octanol–water partition coefficient (Wildman–Crippen LogP) is 5.91. The summed E-state index contributed by atoms with van der Waals surface area (Å²) in [4.78, 5) is 25.1. The molecule has 0 aromatic heterocycles. The van der Waals surface area contributed by atoms with Crippen molar-refractivity contribution in [2.24, 2.45) is 0 Å². The molecular formula is C23H37NO4Si. The summed E-state index contributed by atoms with van der Waals surface area (Å²) < 4.78 is 6.75. The number of carbonyl (C=O) groups excluding carboxylic acids is 1.